The number of fused-ring (bicyclic) bond motifs is 2. The second-order valence-corrected chi connectivity index (χ2v) is 10.2. The largest absolute Gasteiger partial charge is 0.507 e. The molecule has 1 aromatic heterocycles. The average molecular weight is 531 g/mol. The van der Waals surface area contributed by atoms with Crippen molar-refractivity contribution in [3.63, 3.8) is 0 Å². The minimum Gasteiger partial charge on any atom is -0.507 e. The second-order valence-electron chi connectivity index (χ2n) is 9.24. The first-order chi connectivity index (χ1) is 18.3. The maximum atomic E-state index is 13.9. The highest BCUT2D eigenvalue weighted by molar-refractivity contribution is 7.22. The van der Waals surface area contributed by atoms with Gasteiger partial charge in [-0.05, 0) is 73.5 Å². The Hall–Kier alpha value is -4.24. The number of carbonyl (C=O) groups excluding carboxylic acids is 2. The predicted molar refractivity (Wildman–Crippen MR) is 142 cm³/mol. The smallest absolute Gasteiger partial charge is 0.301 e. The van der Waals surface area contributed by atoms with Crippen LogP contribution in [-0.4, -0.2) is 34.5 Å². The van der Waals surface area contributed by atoms with Gasteiger partial charge in [-0.25, -0.2) is 9.37 Å². The third kappa shape index (κ3) is 3.99. The van der Waals surface area contributed by atoms with Crippen molar-refractivity contribution in [3.8, 4) is 11.5 Å². The Morgan fingerprint density at radius 2 is 2.03 bits per heavy atom. The second kappa shape index (κ2) is 9.25. The molecule has 1 saturated heterocycles. The van der Waals surface area contributed by atoms with Crippen LogP contribution in [0, 0.1) is 5.82 Å². The lowest BCUT2D eigenvalue weighted by atomic mass is 9.94. The number of benzene rings is 3. The van der Waals surface area contributed by atoms with Crippen LogP contribution < -0.4 is 14.4 Å². The lowest BCUT2D eigenvalue weighted by Gasteiger charge is -2.23. The molecule has 0 bridgehead atoms. The summed E-state index contributed by atoms with van der Waals surface area (Å²) in [4.78, 5) is 32.8. The maximum Gasteiger partial charge on any atom is 0.301 e. The SMILES string of the molecule is CCOc1cccc(C2/C(=C(/O)c3ccc4c(c3)CC(C)O4)C(=O)C(=O)N2c2nc3ccc(F)cc3s2)c1. The molecule has 3 aromatic carbocycles. The number of thiazole rings is 1. The van der Waals surface area contributed by atoms with Crippen molar-refractivity contribution in [2.45, 2.75) is 32.4 Å². The van der Waals surface area contributed by atoms with Gasteiger partial charge in [-0.3, -0.25) is 14.5 Å². The molecule has 9 heteroatoms. The van der Waals surface area contributed by atoms with E-state index in [2.05, 4.69) is 4.98 Å². The van der Waals surface area contributed by atoms with E-state index in [0.717, 1.165) is 22.6 Å². The van der Waals surface area contributed by atoms with E-state index < -0.39 is 23.5 Å². The van der Waals surface area contributed by atoms with Gasteiger partial charge in [0, 0.05) is 12.0 Å². The van der Waals surface area contributed by atoms with Gasteiger partial charge in [-0.2, -0.15) is 0 Å². The molecule has 0 aliphatic carbocycles. The Bertz CT molecular complexity index is 1650. The van der Waals surface area contributed by atoms with Gasteiger partial charge >= 0.3 is 5.91 Å². The van der Waals surface area contributed by atoms with Gasteiger partial charge in [-0.15, -0.1) is 0 Å². The van der Waals surface area contributed by atoms with Crippen LogP contribution in [0.2, 0.25) is 0 Å². The molecule has 2 atom stereocenters. The lowest BCUT2D eigenvalue weighted by Crippen LogP contribution is -2.29. The summed E-state index contributed by atoms with van der Waals surface area (Å²) >= 11 is 1.10. The van der Waals surface area contributed by atoms with Gasteiger partial charge < -0.3 is 14.6 Å². The summed E-state index contributed by atoms with van der Waals surface area (Å²) in [7, 11) is 0. The predicted octanol–water partition coefficient (Wildman–Crippen LogP) is 5.78. The van der Waals surface area contributed by atoms with E-state index >= 15 is 0 Å². The summed E-state index contributed by atoms with van der Waals surface area (Å²) in [5.74, 6) is -1.07. The van der Waals surface area contributed by atoms with Crippen molar-refractivity contribution < 1.29 is 28.6 Å². The molecule has 192 valence electrons. The number of ether oxygens (including phenoxy) is 2. The van der Waals surface area contributed by atoms with Crippen LogP contribution in [0.5, 0.6) is 11.5 Å². The van der Waals surface area contributed by atoms with Crippen molar-refractivity contribution in [2.75, 3.05) is 11.5 Å². The molecule has 0 radical (unpaired) electrons. The standard InChI is InChI=1S/C29H23FN2O5S/c1-3-36-20-6-4-5-16(13-20)25-24(26(33)17-7-10-22-18(12-17)11-15(2)37-22)27(34)28(35)32(25)29-31-21-9-8-19(30)14-23(21)38-29/h4-10,12-15,25,33H,3,11H2,1-2H3/b26-24-. The highest BCUT2D eigenvalue weighted by Crippen LogP contribution is 2.45. The summed E-state index contributed by atoms with van der Waals surface area (Å²) in [5.41, 5.74) is 2.35. The topological polar surface area (TPSA) is 89.0 Å². The van der Waals surface area contributed by atoms with E-state index in [9.17, 15) is 19.1 Å². The van der Waals surface area contributed by atoms with Crippen LogP contribution in [0.25, 0.3) is 16.0 Å². The molecule has 1 fully saturated rings. The van der Waals surface area contributed by atoms with E-state index in [1.54, 1.807) is 42.5 Å². The van der Waals surface area contributed by atoms with Crippen LogP contribution in [0.1, 0.15) is 36.6 Å². The van der Waals surface area contributed by atoms with Gasteiger partial charge in [0.25, 0.3) is 5.78 Å². The molecule has 7 nitrogen and oxygen atoms in total. The summed E-state index contributed by atoms with van der Waals surface area (Å²) in [5, 5.41) is 11.7. The van der Waals surface area contributed by atoms with E-state index in [4.69, 9.17) is 9.47 Å². The molecule has 4 aromatic rings. The molecule has 6 rings (SSSR count). The first kappa shape index (κ1) is 24.1. The summed E-state index contributed by atoms with van der Waals surface area (Å²) in [6, 6.07) is 15.5. The van der Waals surface area contributed by atoms with Crippen LogP contribution in [0.3, 0.4) is 0 Å². The zero-order valence-corrected chi connectivity index (χ0v) is 21.4. The van der Waals surface area contributed by atoms with Crippen molar-refractivity contribution in [2.24, 2.45) is 0 Å². The number of aliphatic hydroxyl groups excluding tert-OH is 1. The van der Waals surface area contributed by atoms with Gasteiger partial charge in [0.05, 0.1) is 28.4 Å². The number of aliphatic hydroxyl groups is 1. The van der Waals surface area contributed by atoms with E-state index in [1.807, 2.05) is 13.8 Å². The monoisotopic (exact) mass is 530 g/mol. The van der Waals surface area contributed by atoms with E-state index in [-0.39, 0.29) is 22.6 Å². The first-order valence-electron chi connectivity index (χ1n) is 12.2. The fourth-order valence-electron chi connectivity index (χ4n) is 5.00. The molecular formula is C29H23FN2O5S. The number of carbonyl (C=O) groups is 2. The maximum absolute atomic E-state index is 13.9. The van der Waals surface area contributed by atoms with Crippen molar-refractivity contribution in [3.05, 3.63) is 88.7 Å². The molecule has 2 aliphatic rings. The van der Waals surface area contributed by atoms with Crippen LogP contribution in [-0.2, 0) is 16.0 Å². The number of hydrogen-bond acceptors (Lipinski definition) is 7. The number of hydrogen-bond donors (Lipinski definition) is 1. The number of aromatic nitrogens is 1. The number of rotatable bonds is 5. The third-order valence-electron chi connectivity index (χ3n) is 6.64. The molecule has 1 N–H and O–H groups in total. The Morgan fingerprint density at radius 1 is 1.18 bits per heavy atom. The van der Waals surface area contributed by atoms with Gasteiger partial charge in [0.15, 0.2) is 5.13 Å². The van der Waals surface area contributed by atoms with Crippen LogP contribution in [0.15, 0.2) is 66.2 Å². The number of amides is 1. The number of anilines is 1. The molecule has 3 heterocycles. The third-order valence-corrected chi connectivity index (χ3v) is 7.66. The fourth-order valence-corrected chi connectivity index (χ4v) is 6.02. The Balaban J connectivity index is 1.54. The van der Waals surface area contributed by atoms with Crippen LogP contribution >= 0.6 is 11.3 Å². The zero-order valence-electron chi connectivity index (χ0n) is 20.6. The molecular weight excluding hydrogens is 507 g/mol. The first-order valence-corrected chi connectivity index (χ1v) is 13.1. The highest BCUT2D eigenvalue weighted by atomic mass is 32.1. The summed E-state index contributed by atoms with van der Waals surface area (Å²) in [6.07, 6.45) is 0.686. The highest BCUT2D eigenvalue weighted by Gasteiger charge is 2.48. The van der Waals surface area contributed by atoms with Gasteiger partial charge in [-0.1, -0.05) is 23.5 Å². The molecule has 1 amide bonds. The number of halogens is 1. The number of ketones is 1. The Kier molecular flexibility index (Phi) is 5.87. The van der Waals surface area contributed by atoms with Crippen molar-refractivity contribution in [1.82, 2.24) is 4.98 Å². The molecule has 0 spiro atoms. The Morgan fingerprint density at radius 3 is 2.84 bits per heavy atom. The summed E-state index contributed by atoms with van der Waals surface area (Å²) in [6.45, 7) is 4.25. The normalized spacial score (nSPS) is 20.1. The van der Waals surface area contributed by atoms with Gasteiger partial charge in [0.1, 0.15) is 29.2 Å². The Labute approximate surface area is 221 Å². The van der Waals surface area contributed by atoms with Gasteiger partial charge in [0.2, 0.25) is 0 Å². The number of nitrogens with zero attached hydrogens (tertiary/aromatic N) is 2. The fraction of sp³-hybridized carbons (Fsp3) is 0.207. The molecule has 2 unspecified atom stereocenters. The minimum absolute atomic E-state index is 0.0122. The lowest BCUT2D eigenvalue weighted by molar-refractivity contribution is -0.132. The molecule has 0 saturated carbocycles. The van der Waals surface area contributed by atoms with Crippen molar-refractivity contribution >= 4 is 44.1 Å². The average Bonchev–Trinajstić information content (AvgIpc) is 3.56. The quantitative estimate of drug-likeness (QED) is 0.200. The zero-order chi connectivity index (χ0) is 26.6. The molecule has 2 aliphatic heterocycles. The van der Waals surface area contributed by atoms with Crippen LogP contribution in [0.4, 0.5) is 9.52 Å². The van der Waals surface area contributed by atoms with Crippen molar-refractivity contribution in [1.29, 1.82) is 0 Å². The summed E-state index contributed by atoms with van der Waals surface area (Å²) < 4.78 is 25.9. The van der Waals surface area contributed by atoms with E-state index in [1.165, 1.54) is 23.1 Å². The number of Topliss-reactive ketones (excluding diaryl/α,β-unsaturated/α-hetero) is 1. The minimum atomic E-state index is -0.968. The van der Waals surface area contributed by atoms with E-state index in [0.29, 0.717) is 40.1 Å². The molecule has 38 heavy (non-hydrogen) atoms.